The van der Waals surface area contributed by atoms with Gasteiger partial charge in [-0.3, -0.25) is 0 Å². The molecule has 2 aliphatic rings. The molecular formula is C23H45NO4Si. The Morgan fingerprint density at radius 1 is 1.10 bits per heavy atom. The highest BCUT2D eigenvalue weighted by molar-refractivity contribution is 6.74. The van der Waals surface area contributed by atoms with Crippen molar-refractivity contribution < 1.29 is 19.1 Å². The van der Waals surface area contributed by atoms with Crippen LogP contribution in [0.2, 0.25) is 18.1 Å². The minimum absolute atomic E-state index is 0.0241. The van der Waals surface area contributed by atoms with E-state index >= 15 is 0 Å². The summed E-state index contributed by atoms with van der Waals surface area (Å²) in [7, 11) is -1.87. The van der Waals surface area contributed by atoms with E-state index in [-0.39, 0.29) is 29.4 Å². The fourth-order valence-corrected chi connectivity index (χ4v) is 5.71. The molecule has 3 atom stereocenters. The van der Waals surface area contributed by atoms with Crippen LogP contribution in [0.15, 0.2) is 0 Å². The van der Waals surface area contributed by atoms with E-state index in [0.29, 0.717) is 18.9 Å². The van der Waals surface area contributed by atoms with Crippen molar-refractivity contribution in [1.29, 1.82) is 0 Å². The van der Waals surface area contributed by atoms with Crippen molar-refractivity contribution in [3.8, 4) is 0 Å². The lowest BCUT2D eigenvalue weighted by molar-refractivity contribution is -0.0199. The summed E-state index contributed by atoms with van der Waals surface area (Å²) < 4.78 is 12.4. The van der Waals surface area contributed by atoms with Crippen LogP contribution >= 0.6 is 0 Å². The molecule has 0 aromatic heterocycles. The first-order chi connectivity index (χ1) is 13.2. The van der Waals surface area contributed by atoms with Crippen molar-refractivity contribution in [1.82, 2.24) is 4.90 Å². The number of ether oxygens (including phenoxy) is 1. The highest BCUT2D eigenvalue weighted by Crippen LogP contribution is 2.40. The Balaban J connectivity index is 2.10. The maximum absolute atomic E-state index is 12.9. The Hall–Kier alpha value is -0.593. The number of carbonyl (C=O) groups excluding carboxylic acids is 1. The van der Waals surface area contributed by atoms with E-state index in [2.05, 4.69) is 33.9 Å². The monoisotopic (exact) mass is 427 g/mol. The van der Waals surface area contributed by atoms with Crippen molar-refractivity contribution in [3.63, 3.8) is 0 Å². The van der Waals surface area contributed by atoms with Crippen LogP contribution in [0, 0.1) is 5.92 Å². The number of amides is 1. The maximum atomic E-state index is 12.9. The fraction of sp³-hybridized carbons (Fsp3) is 0.957. The van der Waals surface area contributed by atoms with E-state index in [1.54, 1.807) is 0 Å². The number of aliphatic hydroxyl groups excluding tert-OH is 1. The molecule has 1 aliphatic carbocycles. The number of piperidine rings is 1. The highest BCUT2D eigenvalue weighted by atomic mass is 28.4. The molecule has 1 N–H and O–H groups in total. The van der Waals surface area contributed by atoms with Crippen molar-refractivity contribution in [2.75, 3.05) is 6.54 Å². The number of carbonyl (C=O) groups is 1. The van der Waals surface area contributed by atoms with Gasteiger partial charge in [0.15, 0.2) is 8.32 Å². The zero-order chi connectivity index (χ0) is 22.0. The first-order valence-corrected chi connectivity index (χ1v) is 14.5. The van der Waals surface area contributed by atoms with Gasteiger partial charge >= 0.3 is 6.09 Å². The summed E-state index contributed by atoms with van der Waals surface area (Å²) in [5.74, 6) is 0.372. The number of rotatable bonds is 5. The van der Waals surface area contributed by atoms with Gasteiger partial charge in [0.2, 0.25) is 0 Å². The lowest BCUT2D eigenvalue weighted by Gasteiger charge is -2.45. The summed E-state index contributed by atoms with van der Waals surface area (Å²) in [6, 6.07) is -0.0241. The van der Waals surface area contributed by atoms with Gasteiger partial charge in [0.05, 0.1) is 6.10 Å². The molecule has 2 rings (SSSR count). The van der Waals surface area contributed by atoms with Gasteiger partial charge in [0.1, 0.15) is 5.60 Å². The third kappa shape index (κ3) is 6.96. The Labute approximate surface area is 179 Å². The van der Waals surface area contributed by atoms with Crippen LogP contribution in [0.25, 0.3) is 0 Å². The third-order valence-corrected chi connectivity index (χ3v) is 11.6. The van der Waals surface area contributed by atoms with Crippen LogP contribution in [-0.4, -0.2) is 54.8 Å². The van der Waals surface area contributed by atoms with E-state index in [9.17, 15) is 9.90 Å². The maximum Gasteiger partial charge on any atom is 0.410 e. The minimum atomic E-state index is -1.87. The van der Waals surface area contributed by atoms with Gasteiger partial charge in [0, 0.05) is 18.7 Å². The minimum Gasteiger partial charge on any atom is -0.444 e. The van der Waals surface area contributed by atoms with Gasteiger partial charge < -0.3 is 19.2 Å². The number of nitrogens with zero attached hydrogens (tertiary/aromatic N) is 1. The van der Waals surface area contributed by atoms with Crippen LogP contribution in [0.3, 0.4) is 0 Å². The summed E-state index contributed by atoms with van der Waals surface area (Å²) in [6.45, 7) is 17.7. The van der Waals surface area contributed by atoms with Crippen LogP contribution in [0.1, 0.15) is 86.5 Å². The molecule has 1 heterocycles. The third-order valence-electron chi connectivity index (χ3n) is 7.02. The van der Waals surface area contributed by atoms with Crippen molar-refractivity contribution in [3.05, 3.63) is 0 Å². The summed E-state index contributed by atoms with van der Waals surface area (Å²) in [5.41, 5.74) is -0.514. The first kappa shape index (κ1) is 24.7. The molecule has 0 radical (unpaired) electrons. The van der Waals surface area contributed by atoms with Crippen molar-refractivity contribution in [2.45, 2.75) is 128 Å². The molecule has 0 spiro atoms. The van der Waals surface area contributed by atoms with Crippen molar-refractivity contribution in [2.24, 2.45) is 5.92 Å². The number of hydrogen-bond donors (Lipinski definition) is 1. The molecule has 0 aromatic carbocycles. The molecule has 170 valence electrons. The van der Waals surface area contributed by atoms with E-state index in [4.69, 9.17) is 9.16 Å². The summed E-state index contributed by atoms with van der Waals surface area (Å²) in [4.78, 5) is 14.7. The van der Waals surface area contributed by atoms with Gasteiger partial charge in [-0.25, -0.2) is 4.79 Å². The van der Waals surface area contributed by atoms with Crippen molar-refractivity contribution >= 4 is 14.4 Å². The number of likely N-dealkylation sites (tertiary alicyclic amines) is 1. The van der Waals surface area contributed by atoms with Crippen LogP contribution in [0.4, 0.5) is 4.79 Å². The van der Waals surface area contributed by atoms with Gasteiger partial charge in [-0.1, -0.05) is 33.6 Å². The Morgan fingerprint density at radius 2 is 1.69 bits per heavy atom. The predicted molar refractivity (Wildman–Crippen MR) is 121 cm³/mol. The van der Waals surface area contributed by atoms with Gasteiger partial charge in [0.25, 0.3) is 0 Å². The van der Waals surface area contributed by atoms with Crippen LogP contribution in [0.5, 0.6) is 0 Å². The average Bonchev–Trinajstić information content (AvgIpc) is 3.06. The van der Waals surface area contributed by atoms with Gasteiger partial charge in [-0.05, 0) is 76.9 Å². The largest absolute Gasteiger partial charge is 0.444 e. The zero-order valence-corrected chi connectivity index (χ0v) is 21.1. The predicted octanol–water partition coefficient (Wildman–Crippen LogP) is 5.72. The smallest absolute Gasteiger partial charge is 0.410 e. The zero-order valence-electron chi connectivity index (χ0n) is 20.1. The molecule has 2 fully saturated rings. The summed E-state index contributed by atoms with van der Waals surface area (Å²) in [5, 5.41) is 11.0. The molecule has 0 unspecified atom stereocenters. The summed E-state index contributed by atoms with van der Waals surface area (Å²) >= 11 is 0. The molecule has 1 aliphatic heterocycles. The molecule has 5 nitrogen and oxygen atoms in total. The molecule has 0 bridgehead atoms. The molecule has 0 aromatic rings. The highest BCUT2D eigenvalue weighted by Gasteiger charge is 2.43. The van der Waals surface area contributed by atoms with E-state index in [1.165, 1.54) is 12.8 Å². The Morgan fingerprint density at radius 3 is 2.21 bits per heavy atom. The lowest BCUT2D eigenvalue weighted by atomic mass is 9.89. The average molecular weight is 428 g/mol. The molecule has 1 amide bonds. The van der Waals surface area contributed by atoms with E-state index in [0.717, 1.165) is 25.7 Å². The SMILES string of the molecule is CC(C)(C)OC(=O)N1CC[C@H](O[Si](C)(C)C(C)(C)C)C[C@@H]1C[C@@H](O)C1CCCC1. The van der Waals surface area contributed by atoms with Gasteiger partial charge in [-0.2, -0.15) is 0 Å². The van der Waals surface area contributed by atoms with Crippen LogP contribution in [-0.2, 0) is 9.16 Å². The molecule has 6 heteroatoms. The molecule has 29 heavy (non-hydrogen) atoms. The number of aliphatic hydroxyl groups is 1. The lowest BCUT2D eigenvalue weighted by Crippen LogP contribution is -2.53. The molecule has 1 saturated heterocycles. The molecule has 1 saturated carbocycles. The second kappa shape index (κ2) is 9.27. The topological polar surface area (TPSA) is 59.0 Å². The Bertz CT molecular complexity index is 546. The summed E-state index contributed by atoms with van der Waals surface area (Å²) in [6.07, 6.45) is 6.41. The van der Waals surface area contributed by atoms with E-state index in [1.807, 2.05) is 25.7 Å². The quantitative estimate of drug-likeness (QED) is 0.570. The van der Waals surface area contributed by atoms with Gasteiger partial charge in [-0.15, -0.1) is 0 Å². The second-order valence-electron chi connectivity index (χ2n) is 11.7. The Kier molecular flexibility index (Phi) is 7.89. The first-order valence-electron chi connectivity index (χ1n) is 11.5. The fourth-order valence-electron chi connectivity index (χ4n) is 4.31. The normalized spacial score (nSPS) is 25.9. The number of hydrogen-bond acceptors (Lipinski definition) is 4. The van der Waals surface area contributed by atoms with E-state index < -0.39 is 13.9 Å². The van der Waals surface area contributed by atoms with Crippen LogP contribution < -0.4 is 0 Å². The molecular weight excluding hydrogens is 382 g/mol. The standard InChI is InChI=1S/C23H45NO4Si/c1-22(2,3)27-21(26)24-14-13-19(28-29(7,8)23(4,5)6)15-18(24)16-20(25)17-11-9-10-12-17/h17-20,25H,9-16H2,1-8H3/t18-,19+,20-/m1/s1. The second-order valence-corrected chi connectivity index (χ2v) is 16.5.